The van der Waals surface area contributed by atoms with E-state index < -0.39 is 0 Å². The standard InChI is InChI=1S/C17H19N3O3/c18-17(22)13-6-8-20(9-7-13)16(21)11-14-10-15(23-19-14)12-4-2-1-3-5-12/h1-5,10,13H,6-9,11H2,(H2,18,22). The maximum Gasteiger partial charge on any atom is 0.228 e. The molecular weight excluding hydrogens is 294 g/mol. The second kappa shape index (κ2) is 6.64. The molecule has 1 aromatic heterocycles. The summed E-state index contributed by atoms with van der Waals surface area (Å²) in [5, 5.41) is 3.97. The first-order valence-corrected chi connectivity index (χ1v) is 7.71. The van der Waals surface area contributed by atoms with Gasteiger partial charge in [0.15, 0.2) is 5.76 Å². The molecule has 2 aromatic rings. The maximum absolute atomic E-state index is 12.3. The lowest BCUT2D eigenvalue weighted by Crippen LogP contribution is -2.42. The average molecular weight is 313 g/mol. The van der Waals surface area contributed by atoms with E-state index >= 15 is 0 Å². The molecule has 0 radical (unpaired) electrons. The van der Waals surface area contributed by atoms with Crippen molar-refractivity contribution in [3.05, 3.63) is 42.1 Å². The van der Waals surface area contributed by atoms with Gasteiger partial charge in [-0.25, -0.2) is 0 Å². The molecule has 23 heavy (non-hydrogen) atoms. The SMILES string of the molecule is NC(=O)C1CCN(C(=O)Cc2cc(-c3ccccc3)on2)CC1. The Kier molecular flexibility index (Phi) is 4.41. The lowest BCUT2D eigenvalue weighted by atomic mass is 9.96. The topological polar surface area (TPSA) is 89.4 Å². The number of nitrogens with two attached hydrogens (primary N) is 1. The number of rotatable bonds is 4. The van der Waals surface area contributed by atoms with E-state index in [0.717, 1.165) is 5.56 Å². The Balaban J connectivity index is 1.59. The van der Waals surface area contributed by atoms with Gasteiger partial charge in [0, 0.05) is 30.6 Å². The number of likely N-dealkylation sites (tertiary alicyclic amines) is 1. The van der Waals surface area contributed by atoms with Crippen molar-refractivity contribution in [2.45, 2.75) is 19.3 Å². The van der Waals surface area contributed by atoms with Crippen LogP contribution in [0.2, 0.25) is 0 Å². The molecule has 0 unspecified atom stereocenters. The van der Waals surface area contributed by atoms with Crippen molar-refractivity contribution >= 4 is 11.8 Å². The third-order valence-corrected chi connectivity index (χ3v) is 4.20. The van der Waals surface area contributed by atoms with E-state index in [2.05, 4.69) is 5.16 Å². The van der Waals surface area contributed by atoms with Gasteiger partial charge in [0.05, 0.1) is 12.1 Å². The molecule has 120 valence electrons. The van der Waals surface area contributed by atoms with E-state index in [9.17, 15) is 9.59 Å². The van der Waals surface area contributed by atoms with Crippen LogP contribution in [0.25, 0.3) is 11.3 Å². The summed E-state index contributed by atoms with van der Waals surface area (Å²) < 4.78 is 5.31. The number of primary amides is 1. The van der Waals surface area contributed by atoms with Crippen LogP contribution in [0.5, 0.6) is 0 Å². The zero-order chi connectivity index (χ0) is 16.2. The maximum atomic E-state index is 12.3. The van der Waals surface area contributed by atoms with Crippen LogP contribution in [-0.4, -0.2) is 35.0 Å². The quantitative estimate of drug-likeness (QED) is 0.928. The van der Waals surface area contributed by atoms with Gasteiger partial charge in [-0.2, -0.15) is 0 Å². The zero-order valence-corrected chi connectivity index (χ0v) is 12.8. The number of amides is 2. The van der Waals surface area contributed by atoms with Crippen molar-refractivity contribution in [2.24, 2.45) is 11.7 Å². The van der Waals surface area contributed by atoms with E-state index in [1.54, 1.807) is 11.0 Å². The Morgan fingerprint density at radius 1 is 1.22 bits per heavy atom. The number of hydrogen-bond donors (Lipinski definition) is 1. The number of piperidine rings is 1. The number of benzene rings is 1. The van der Waals surface area contributed by atoms with Gasteiger partial charge in [0.25, 0.3) is 0 Å². The van der Waals surface area contributed by atoms with E-state index in [4.69, 9.17) is 10.3 Å². The summed E-state index contributed by atoms with van der Waals surface area (Å²) >= 11 is 0. The summed E-state index contributed by atoms with van der Waals surface area (Å²) in [6, 6.07) is 11.4. The highest BCUT2D eigenvalue weighted by Crippen LogP contribution is 2.21. The zero-order valence-electron chi connectivity index (χ0n) is 12.8. The summed E-state index contributed by atoms with van der Waals surface area (Å²) in [7, 11) is 0. The van der Waals surface area contributed by atoms with Crippen molar-refractivity contribution in [3.63, 3.8) is 0 Å². The minimum atomic E-state index is -0.277. The molecule has 0 atom stereocenters. The highest BCUT2D eigenvalue weighted by Gasteiger charge is 2.26. The monoisotopic (exact) mass is 313 g/mol. The van der Waals surface area contributed by atoms with Crippen LogP contribution in [0.3, 0.4) is 0 Å². The highest BCUT2D eigenvalue weighted by atomic mass is 16.5. The first-order chi connectivity index (χ1) is 11.1. The van der Waals surface area contributed by atoms with Gasteiger partial charge in [-0.05, 0) is 12.8 Å². The number of aromatic nitrogens is 1. The highest BCUT2D eigenvalue weighted by molar-refractivity contribution is 5.80. The van der Waals surface area contributed by atoms with Gasteiger partial charge in [0.2, 0.25) is 11.8 Å². The molecule has 0 saturated carbocycles. The second-order valence-electron chi connectivity index (χ2n) is 5.78. The van der Waals surface area contributed by atoms with Crippen molar-refractivity contribution in [1.82, 2.24) is 10.1 Å². The van der Waals surface area contributed by atoms with Crippen molar-refractivity contribution in [1.29, 1.82) is 0 Å². The van der Waals surface area contributed by atoms with E-state index in [1.807, 2.05) is 30.3 Å². The Hall–Kier alpha value is -2.63. The summed E-state index contributed by atoms with van der Waals surface area (Å²) in [6.45, 7) is 1.13. The van der Waals surface area contributed by atoms with Crippen LogP contribution in [-0.2, 0) is 16.0 Å². The summed E-state index contributed by atoms with van der Waals surface area (Å²) in [5.41, 5.74) is 6.85. The predicted molar refractivity (Wildman–Crippen MR) is 84.1 cm³/mol. The van der Waals surface area contributed by atoms with E-state index in [1.165, 1.54) is 0 Å². The normalized spacial score (nSPS) is 15.6. The average Bonchev–Trinajstić information content (AvgIpc) is 3.04. The molecule has 0 bridgehead atoms. The largest absolute Gasteiger partial charge is 0.369 e. The molecule has 2 heterocycles. The van der Waals surface area contributed by atoms with Gasteiger partial charge in [-0.1, -0.05) is 35.5 Å². The van der Waals surface area contributed by atoms with E-state index in [-0.39, 0.29) is 24.2 Å². The van der Waals surface area contributed by atoms with Crippen LogP contribution in [0.1, 0.15) is 18.5 Å². The number of hydrogen-bond acceptors (Lipinski definition) is 4. The molecule has 1 aliphatic rings. The van der Waals surface area contributed by atoms with Gasteiger partial charge in [0.1, 0.15) is 0 Å². The Labute approximate surface area is 134 Å². The first kappa shape index (κ1) is 15.3. The second-order valence-corrected chi connectivity index (χ2v) is 5.78. The molecule has 1 fully saturated rings. The fourth-order valence-electron chi connectivity index (χ4n) is 2.81. The van der Waals surface area contributed by atoms with Crippen LogP contribution < -0.4 is 5.73 Å². The lowest BCUT2D eigenvalue weighted by molar-refractivity contribution is -0.134. The number of carbonyl (C=O) groups is 2. The molecule has 1 aromatic carbocycles. The molecular formula is C17H19N3O3. The fourth-order valence-corrected chi connectivity index (χ4v) is 2.81. The van der Waals surface area contributed by atoms with E-state index in [0.29, 0.717) is 37.4 Å². The molecule has 3 rings (SSSR count). The predicted octanol–water partition coefficient (Wildman–Crippen LogP) is 1.61. The van der Waals surface area contributed by atoms with Crippen LogP contribution in [0, 0.1) is 5.92 Å². The number of carbonyl (C=O) groups excluding carboxylic acids is 2. The lowest BCUT2D eigenvalue weighted by Gasteiger charge is -2.30. The fraction of sp³-hybridized carbons (Fsp3) is 0.353. The first-order valence-electron chi connectivity index (χ1n) is 7.71. The number of nitrogens with zero attached hydrogens (tertiary/aromatic N) is 2. The third kappa shape index (κ3) is 3.59. The molecule has 1 aliphatic heterocycles. The van der Waals surface area contributed by atoms with Crippen LogP contribution in [0.15, 0.2) is 40.9 Å². The smallest absolute Gasteiger partial charge is 0.228 e. The Bertz CT molecular complexity index is 688. The minimum absolute atomic E-state index is 0.000770. The van der Waals surface area contributed by atoms with Crippen LogP contribution in [0.4, 0.5) is 0 Å². The van der Waals surface area contributed by atoms with Gasteiger partial charge < -0.3 is 15.2 Å². The molecule has 0 aliphatic carbocycles. The van der Waals surface area contributed by atoms with Gasteiger partial charge in [-0.15, -0.1) is 0 Å². The Morgan fingerprint density at radius 2 is 1.91 bits per heavy atom. The third-order valence-electron chi connectivity index (χ3n) is 4.20. The molecule has 6 heteroatoms. The molecule has 6 nitrogen and oxygen atoms in total. The molecule has 0 spiro atoms. The summed E-state index contributed by atoms with van der Waals surface area (Å²) in [6.07, 6.45) is 1.47. The van der Waals surface area contributed by atoms with Crippen molar-refractivity contribution < 1.29 is 14.1 Å². The summed E-state index contributed by atoms with van der Waals surface area (Å²) in [5.74, 6) is 0.263. The van der Waals surface area contributed by atoms with Gasteiger partial charge in [-0.3, -0.25) is 9.59 Å². The van der Waals surface area contributed by atoms with Crippen LogP contribution >= 0.6 is 0 Å². The van der Waals surface area contributed by atoms with Gasteiger partial charge >= 0.3 is 0 Å². The summed E-state index contributed by atoms with van der Waals surface area (Å²) in [4.78, 5) is 25.2. The molecule has 1 saturated heterocycles. The van der Waals surface area contributed by atoms with Crippen molar-refractivity contribution in [2.75, 3.05) is 13.1 Å². The molecule has 2 amide bonds. The molecule has 2 N–H and O–H groups in total. The Morgan fingerprint density at radius 3 is 2.57 bits per heavy atom. The minimum Gasteiger partial charge on any atom is -0.369 e. The van der Waals surface area contributed by atoms with Crippen molar-refractivity contribution in [3.8, 4) is 11.3 Å².